The molecule has 1 N–H and O–H groups in total. The zero-order valence-corrected chi connectivity index (χ0v) is 11.4. The van der Waals surface area contributed by atoms with Crippen molar-refractivity contribution in [1.29, 1.82) is 0 Å². The summed E-state index contributed by atoms with van der Waals surface area (Å²) in [7, 11) is 0. The minimum atomic E-state index is -0.992. The van der Waals surface area contributed by atoms with Gasteiger partial charge in [-0.2, -0.15) is 0 Å². The summed E-state index contributed by atoms with van der Waals surface area (Å²) in [5.41, 5.74) is 2.03. The summed E-state index contributed by atoms with van der Waals surface area (Å²) in [5, 5.41) is 8.98. The van der Waals surface area contributed by atoms with Crippen LogP contribution in [0.3, 0.4) is 0 Å². The van der Waals surface area contributed by atoms with Gasteiger partial charge in [-0.15, -0.1) is 0 Å². The number of hydrogen-bond donors (Lipinski definition) is 1. The molecule has 0 aliphatic rings. The Morgan fingerprint density at radius 3 is 2.90 bits per heavy atom. The first-order chi connectivity index (χ1) is 10.2. The summed E-state index contributed by atoms with van der Waals surface area (Å²) in [5.74, 6) is 0.186. The van der Waals surface area contributed by atoms with E-state index >= 15 is 0 Å². The summed E-state index contributed by atoms with van der Waals surface area (Å²) in [4.78, 5) is 15.3. The highest BCUT2D eigenvalue weighted by Gasteiger charge is 2.11. The molecule has 0 fully saturated rings. The standard InChI is InChI=1S/C16H13NO4/c1-2-20-12-5-3-4-10(8-12)15-17-13-7-6-11(16(18)19)9-14(13)21-15/h3-9H,2H2,1H3,(H,18,19). The zero-order valence-electron chi connectivity index (χ0n) is 11.4. The average molecular weight is 283 g/mol. The van der Waals surface area contributed by atoms with E-state index in [0.717, 1.165) is 11.3 Å². The summed E-state index contributed by atoms with van der Waals surface area (Å²) < 4.78 is 11.1. The molecule has 0 bridgehead atoms. The van der Waals surface area contributed by atoms with Crippen molar-refractivity contribution in [3.8, 4) is 17.2 Å². The van der Waals surface area contributed by atoms with E-state index < -0.39 is 5.97 Å². The van der Waals surface area contributed by atoms with Gasteiger partial charge >= 0.3 is 5.97 Å². The summed E-state index contributed by atoms with van der Waals surface area (Å²) in [6.07, 6.45) is 0. The average Bonchev–Trinajstić information content (AvgIpc) is 2.91. The summed E-state index contributed by atoms with van der Waals surface area (Å²) in [6.45, 7) is 2.50. The third-order valence-electron chi connectivity index (χ3n) is 3.03. The fraction of sp³-hybridized carbons (Fsp3) is 0.125. The second-order valence-electron chi connectivity index (χ2n) is 4.47. The monoisotopic (exact) mass is 283 g/mol. The van der Waals surface area contributed by atoms with Gasteiger partial charge in [0.15, 0.2) is 5.58 Å². The number of carboxylic acids is 1. The van der Waals surface area contributed by atoms with Gasteiger partial charge in [0.25, 0.3) is 0 Å². The molecule has 2 aromatic carbocycles. The molecular weight excluding hydrogens is 270 g/mol. The van der Waals surface area contributed by atoms with E-state index in [4.69, 9.17) is 14.3 Å². The molecule has 0 atom stereocenters. The molecule has 0 unspecified atom stereocenters. The smallest absolute Gasteiger partial charge is 0.335 e. The van der Waals surface area contributed by atoms with Crippen molar-refractivity contribution in [1.82, 2.24) is 4.98 Å². The van der Waals surface area contributed by atoms with Crippen LogP contribution in [0.5, 0.6) is 5.75 Å². The Labute approximate surface area is 120 Å². The van der Waals surface area contributed by atoms with Crippen LogP contribution in [-0.4, -0.2) is 22.7 Å². The lowest BCUT2D eigenvalue weighted by Crippen LogP contribution is -1.94. The molecule has 0 spiro atoms. The van der Waals surface area contributed by atoms with Crippen molar-refractivity contribution in [3.05, 3.63) is 48.0 Å². The second kappa shape index (κ2) is 5.28. The number of oxazole rings is 1. The Hall–Kier alpha value is -2.82. The van der Waals surface area contributed by atoms with Crippen LogP contribution in [0.4, 0.5) is 0 Å². The zero-order chi connectivity index (χ0) is 14.8. The lowest BCUT2D eigenvalue weighted by atomic mass is 10.2. The first-order valence-electron chi connectivity index (χ1n) is 6.54. The minimum Gasteiger partial charge on any atom is -0.494 e. The molecule has 3 rings (SSSR count). The SMILES string of the molecule is CCOc1cccc(-c2nc3ccc(C(=O)O)cc3o2)c1. The number of benzene rings is 2. The fourth-order valence-electron chi connectivity index (χ4n) is 2.07. The van der Waals surface area contributed by atoms with E-state index in [9.17, 15) is 4.79 Å². The van der Waals surface area contributed by atoms with E-state index in [-0.39, 0.29) is 5.56 Å². The van der Waals surface area contributed by atoms with Gasteiger partial charge in [0.1, 0.15) is 11.3 Å². The molecule has 0 aliphatic carbocycles. The number of fused-ring (bicyclic) bond motifs is 1. The number of aromatic nitrogens is 1. The van der Waals surface area contributed by atoms with Crippen LogP contribution in [0.15, 0.2) is 46.9 Å². The van der Waals surface area contributed by atoms with Crippen LogP contribution in [0, 0.1) is 0 Å². The highest BCUT2D eigenvalue weighted by atomic mass is 16.5. The van der Waals surface area contributed by atoms with Crippen molar-refractivity contribution in [2.45, 2.75) is 6.92 Å². The van der Waals surface area contributed by atoms with Crippen LogP contribution in [0.2, 0.25) is 0 Å². The van der Waals surface area contributed by atoms with Gasteiger partial charge in [0, 0.05) is 5.56 Å². The topological polar surface area (TPSA) is 72.6 Å². The quantitative estimate of drug-likeness (QED) is 0.792. The van der Waals surface area contributed by atoms with Gasteiger partial charge in [-0.1, -0.05) is 6.07 Å². The number of nitrogens with zero attached hydrogens (tertiary/aromatic N) is 1. The van der Waals surface area contributed by atoms with Crippen molar-refractivity contribution < 1.29 is 19.1 Å². The van der Waals surface area contributed by atoms with E-state index in [2.05, 4.69) is 4.98 Å². The molecule has 21 heavy (non-hydrogen) atoms. The van der Waals surface area contributed by atoms with Crippen molar-refractivity contribution >= 4 is 17.1 Å². The molecule has 0 aliphatic heterocycles. The Kier molecular flexibility index (Phi) is 3.31. The van der Waals surface area contributed by atoms with Crippen molar-refractivity contribution in [2.75, 3.05) is 6.61 Å². The number of aromatic carboxylic acids is 1. The summed E-state index contributed by atoms with van der Waals surface area (Å²) in [6, 6.07) is 12.0. The maximum atomic E-state index is 11.0. The molecule has 3 aromatic rings. The largest absolute Gasteiger partial charge is 0.494 e. The first-order valence-corrected chi connectivity index (χ1v) is 6.54. The first kappa shape index (κ1) is 13.2. The third-order valence-corrected chi connectivity index (χ3v) is 3.03. The molecule has 0 saturated heterocycles. The number of hydrogen-bond acceptors (Lipinski definition) is 4. The van der Waals surface area contributed by atoms with Crippen LogP contribution in [0.25, 0.3) is 22.6 Å². The lowest BCUT2D eigenvalue weighted by Gasteiger charge is -2.03. The van der Waals surface area contributed by atoms with E-state index in [0.29, 0.717) is 23.6 Å². The molecule has 5 nitrogen and oxygen atoms in total. The molecule has 0 radical (unpaired) electrons. The Morgan fingerprint density at radius 2 is 2.14 bits per heavy atom. The van der Waals surface area contributed by atoms with Crippen LogP contribution in [-0.2, 0) is 0 Å². The third kappa shape index (κ3) is 2.58. The highest BCUT2D eigenvalue weighted by Crippen LogP contribution is 2.27. The number of rotatable bonds is 4. The molecule has 5 heteroatoms. The van der Waals surface area contributed by atoms with Crippen molar-refractivity contribution in [3.63, 3.8) is 0 Å². The van der Waals surface area contributed by atoms with E-state index in [1.54, 1.807) is 6.07 Å². The van der Waals surface area contributed by atoms with Crippen molar-refractivity contribution in [2.24, 2.45) is 0 Å². The molecule has 1 aromatic heterocycles. The maximum Gasteiger partial charge on any atom is 0.335 e. The van der Waals surface area contributed by atoms with Crippen LogP contribution < -0.4 is 4.74 Å². The number of ether oxygens (including phenoxy) is 1. The van der Waals surface area contributed by atoms with E-state index in [1.165, 1.54) is 12.1 Å². The second-order valence-corrected chi connectivity index (χ2v) is 4.47. The van der Waals surface area contributed by atoms with Crippen LogP contribution >= 0.6 is 0 Å². The minimum absolute atomic E-state index is 0.174. The van der Waals surface area contributed by atoms with E-state index in [1.807, 2.05) is 31.2 Å². The van der Waals surface area contributed by atoms with Gasteiger partial charge in [-0.05, 0) is 43.3 Å². The predicted octanol–water partition coefficient (Wildman–Crippen LogP) is 3.59. The fourth-order valence-corrected chi connectivity index (χ4v) is 2.07. The number of carbonyl (C=O) groups is 1. The lowest BCUT2D eigenvalue weighted by molar-refractivity contribution is 0.0697. The normalized spacial score (nSPS) is 10.7. The van der Waals surface area contributed by atoms with Crippen LogP contribution in [0.1, 0.15) is 17.3 Å². The molecule has 106 valence electrons. The van der Waals surface area contributed by atoms with Gasteiger partial charge in [-0.3, -0.25) is 0 Å². The van der Waals surface area contributed by atoms with Gasteiger partial charge in [0.05, 0.1) is 12.2 Å². The van der Waals surface area contributed by atoms with Gasteiger partial charge in [0.2, 0.25) is 5.89 Å². The molecular formula is C16H13NO4. The Bertz CT molecular complexity index is 807. The van der Waals surface area contributed by atoms with Gasteiger partial charge < -0.3 is 14.3 Å². The Morgan fingerprint density at radius 1 is 1.29 bits per heavy atom. The molecule has 0 saturated carbocycles. The Balaban J connectivity index is 2.04. The predicted molar refractivity (Wildman–Crippen MR) is 77.6 cm³/mol. The van der Waals surface area contributed by atoms with Gasteiger partial charge in [-0.25, -0.2) is 9.78 Å². The maximum absolute atomic E-state index is 11.0. The highest BCUT2D eigenvalue weighted by molar-refractivity contribution is 5.92. The molecule has 1 heterocycles. The summed E-state index contributed by atoms with van der Waals surface area (Å²) >= 11 is 0. The number of carboxylic acid groups (broad SMARTS) is 1. The molecule has 0 amide bonds.